The number of rotatable bonds is 6. The van der Waals surface area contributed by atoms with Gasteiger partial charge in [0.25, 0.3) is 5.91 Å². The molecule has 0 aliphatic rings. The maximum atomic E-state index is 12.2. The lowest BCUT2D eigenvalue weighted by atomic mass is 10.2. The summed E-state index contributed by atoms with van der Waals surface area (Å²) in [5.41, 5.74) is 2.16. The second-order valence-electron chi connectivity index (χ2n) is 5.59. The van der Waals surface area contributed by atoms with Gasteiger partial charge in [0.1, 0.15) is 5.75 Å². The number of methoxy groups -OCH3 is 1. The highest BCUT2D eigenvalue weighted by molar-refractivity contribution is 6.31. The lowest BCUT2D eigenvalue weighted by Gasteiger charge is -2.22. The lowest BCUT2D eigenvalue weighted by Crippen LogP contribution is -2.37. The molecule has 132 valence electrons. The summed E-state index contributed by atoms with van der Waals surface area (Å²) in [4.78, 5) is 25.7. The molecule has 0 atom stereocenters. The monoisotopic (exact) mass is 360 g/mol. The molecule has 0 aliphatic heterocycles. The van der Waals surface area contributed by atoms with Crippen LogP contribution >= 0.6 is 11.6 Å². The first-order valence-electron chi connectivity index (χ1n) is 7.89. The highest BCUT2D eigenvalue weighted by atomic mass is 35.5. The third-order valence-corrected chi connectivity index (χ3v) is 4.21. The minimum atomic E-state index is -0.218. The zero-order valence-corrected chi connectivity index (χ0v) is 15.3. The summed E-state index contributed by atoms with van der Waals surface area (Å²) in [6.07, 6.45) is 0. The van der Waals surface area contributed by atoms with E-state index in [1.54, 1.807) is 42.3 Å². The zero-order chi connectivity index (χ0) is 18.4. The second kappa shape index (κ2) is 8.53. The fourth-order valence-corrected chi connectivity index (χ4v) is 2.54. The summed E-state index contributed by atoms with van der Waals surface area (Å²) in [5, 5.41) is 3.41. The summed E-state index contributed by atoms with van der Waals surface area (Å²) >= 11 is 6.14. The quantitative estimate of drug-likeness (QED) is 0.858. The molecule has 0 aliphatic carbocycles. The van der Waals surface area contributed by atoms with Gasteiger partial charge in [-0.05, 0) is 42.8 Å². The molecule has 0 radical (unpaired) electrons. The van der Waals surface area contributed by atoms with Gasteiger partial charge in [0.2, 0.25) is 5.91 Å². The van der Waals surface area contributed by atoms with Crippen LogP contribution < -0.4 is 15.0 Å². The van der Waals surface area contributed by atoms with Gasteiger partial charge in [0.15, 0.2) is 0 Å². The molecule has 0 spiro atoms. The average Bonchev–Trinajstić information content (AvgIpc) is 2.60. The average molecular weight is 361 g/mol. The molecule has 2 amide bonds. The number of carbonyl (C=O) groups excluding carboxylic acids is 2. The largest absolute Gasteiger partial charge is 0.497 e. The molecule has 0 saturated heterocycles. The maximum absolute atomic E-state index is 12.2. The molecule has 0 heterocycles. The van der Waals surface area contributed by atoms with Gasteiger partial charge in [0, 0.05) is 36.3 Å². The molecule has 0 fully saturated rings. The molecule has 2 aromatic carbocycles. The van der Waals surface area contributed by atoms with Crippen molar-refractivity contribution in [2.24, 2.45) is 0 Å². The molecule has 6 heteroatoms. The van der Waals surface area contributed by atoms with E-state index < -0.39 is 0 Å². The molecule has 0 aromatic heterocycles. The summed E-state index contributed by atoms with van der Waals surface area (Å²) in [7, 11) is 1.55. The number of amides is 2. The minimum Gasteiger partial charge on any atom is -0.497 e. The van der Waals surface area contributed by atoms with Gasteiger partial charge < -0.3 is 15.0 Å². The van der Waals surface area contributed by atoms with Crippen LogP contribution in [0.1, 0.15) is 22.8 Å². The Morgan fingerprint density at radius 3 is 2.60 bits per heavy atom. The molecule has 25 heavy (non-hydrogen) atoms. The van der Waals surface area contributed by atoms with E-state index in [2.05, 4.69) is 5.32 Å². The van der Waals surface area contributed by atoms with Crippen LogP contribution in [-0.2, 0) is 4.79 Å². The van der Waals surface area contributed by atoms with Crippen molar-refractivity contribution >= 4 is 29.1 Å². The van der Waals surface area contributed by atoms with E-state index in [0.717, 1.165) is 5.56 Å². The van der Waals surface area contributed by atoms with Crippen molar-refractivity contribution in [3.05, 3.63) is 58.6 Å². The van der Waals surface area contributed by atoms with Crippen LogP contribution in [0.4, 0.5) is 5.69 Å². The normalized spacial score (nSPS) is 10.2. The van der Waals surface area contributed by atoms with Crippen LogP contribution in [0.2, 0.25) is 5.02 Å². The SMILES string of the molecule is COc1cccc(C(=O)NCCN(C(C)=O)c2ccc(C)c(Cl)c2)c1. The second-order valence-corrected chi connectivity index (χ2v) is 6.00. The number of aryl methyl sites for hydroxylation is 1. The standard InChI is InChI=1S/C19H21ClN2O3/c1-13-7-8-16(12-18(13)20)22(14(2)23)10-9-21-19(24)15-5-4-6-17(11-15)25-3/h4-8,11-12H,9-10H2,1-3H3,(H,21,24). The highest BCUT2D eigenvalue weighted by Crippen LogP contribution is 2.23. The van der Waals surface area contributed by atoms with E-state index in [1.165, 1.54) is 6.92 Å². The van der Waals surface area contributed by atoms with E-state index in [-0.39, 0.29) is 11.8 Å². The minimum absolute atomic E-state index is 0.115. The Bertz CT molecular complexity index is 777. The Balaban J connectivity index is 2.00. The van der Waals surface area contributed by atoms with Crippen LogP contribution in [-0.4, -0.2) is 32.0 Å². The van der Waals surface area contributed by atoms with E-state index >= 15 is 0 Å². The Morgan fingerprint density at radius 1 is 1.20 bits per heavy atom. The lowest BCUT2D eigenvalue weighted by molar-refractivity contribution is -0.116. The predicted molar refractivity (Wildman–Crippen MR) is 99.5 cm³/mol. The smallest absolute Gasteiger partial charge is 0.251 e. The Labute approximate surface area is 152 Å². The summed E-state index contributed by atoms with van der Waals surface area (Å²) in [6, 6.07) is 12.4. The van der Waals surface area contributed by atoms with Crippen molar-refractivity contribution in [3.63, 3.8) is 0 Å². The van der Waals surface area contributed by atoms with E-state index in [4.69, 9.17) is 16.3 Å². The van der Waals surface area contributed by atoms with Crippen molar-refractivity contribution in [1.29, 1.82) is 0 Å². The fourth-order valence-electron chi connectivity index (χ4n) is 2.37. The van der Waals surface area contributed by atoms with E-state index in [0.29, 0.717) is 35.1 Å². The molecule has 0 saturated carbocycles. The predicted octanol–water partition coefficient (Wildman–Crippen LogP) is 3.44. The van der Waals surface area contributed by atoms with Crippen molar-refractivity contribution in [2.75, 3.05) is 25.1 Å². The Morgan fingerprint density at radius 2 is 1.96 bits per heavy atom. The van der Waals surface area contributed by atoms with Gasteiger partial charge in [-0.2, -0.15) is 0 Å². The topological polar surface area (TPSA) is 58.6 Å². The van der Waals surface area contributed by atoms with E-state index in [1.807, 2.05) is 19.1 Å². The van der Waals surface area contributed by atoms with Crippen molar-refractivity contribution < 1.29 is 14.3 Å². The third-order valence-electron chi connectivity index (χ3n) is 3.80. The number of hydrogen-bond donors (Lipinski definition) is 1. The molecular weight excluding hydrogens is 340 g/mol. The summed E-state index contributed by atoms with van der Waals surface area (Å²) < 4.78 is 5.11. The summed E-state index contributed by atoms with van der Waals surface area (Å²) in [6.45, 7) is 4.06. The molecule has 0 bridgehead atoms. The number of ether oxygens (including phenoxy) is 1. The molecule has 2 aromatic rings. The molecule has 2 rings (SSSR count). The maximum Gasteiger partial charge on any atom is 0.251 e. The van der Waals surface area contributed by atoms with Crippen LogP contribution in [0.25, 0.3) is 0 Å². The third kappa shape index (κ3) is 4.97. The van der Waals surface area contributed by atoms with Gasteiger partial charge in [-0.25, -0.2) is 0 Å². The molecule has 5 nitrogen and oxygen atoms in total. The molecule has 1 N–H and O–H groups in total. The van der Waals surface area contributed by atoms with Gasteiger partial charge in [0.05, 0.1) is 7.11 Å². The number of anilines is 1. The van der Waals surface area contributed by atoms with Gasteiger partial charge in [-0.15, -0.1) is 0 Å². The highest BCUT2D eigenvalue weighted by Gasteiger charge is 2.13. The van der Waals surface area contributed by atoms with Crippen molar-refractivity contribution in [3.8, 4) is 5.75 Å². The van der Waals surface area contributed by atoms with Gasteiger partial charge in [-0.3, -0.25) is 9.59 Å². The van der Waals surface area contributed by atoms with E-state index in [9.17, 15) is 9.59 Å². The Hall–Kier alpha value is -2.53. The van der Waals surface area contributed by atoms with Crippen molar-refractivity contribution in [1.82, 2.24) is 5.32 Å². The fraction of sp³-hybridized carbons (Fsp3) is 0.263. The first-order chi connectivity index (χ1) is 11.9. The number of nitrogens with zero attached hydrogens (tertiary/aromatic N) is 1. The summed E-state index contributed by atoms with van der Waals surface area (Å²) in [5.74, 6) is 0.284. The van der Waals surface area contributed by atoms with Gasteiger partial charge >= 0.3 is 0 Å². The molecular formula is C19H21ClN2O3. The number of nitrogens with one attached hydrogen (secondary N) is 1. The van der Waals surface area contributed by atoms with Crippen LogP contribution in [0.3, 0.4) is 0 Å². The zero-order valence-electron chi connectivity index (χ0n) is 14.5. The van der Waals surface area contributed by atoms with Crippen LogP contribution in [0, 0.1) is 6.92 Å². The first-order valence-corrected chi connectivity index (χ1v) is 8.26. The number of hydrogen-bond acceptors (Lipinski definition) is 3. The van der Waals surface area contributed by atoms with Crippen LogP contribution in [0.5, 0.6) is 5.75 Å². The van der Waals surface area contributed by atoms with Crippen molar-refractivity contribution in [2.45, 2.75) is 13.8 Å². The van der Waals surface area contributed by atoms with Crippen LogP contribution in [0.15, 0.2) is 42.5 Å². The molecule has 0 unspecified atom stereocenters. The first kappa shape index (κ1) is 18.8. The Kier molecular flexibility index (Phi) is 6.42. The van der Waals surface area contributed by atoms with Gasteiger partial charge in [-0.1, -0.05) is 23.7 Å². The number of carbonyl (C=O) groups is 2. The number of benzene rings is 2. The number of halogens is 1.